The van der Waals surface area contributed by atoms with Crippen LogP contribution in [-0.4, -0.2) is 77.6 Å². The molecule has 3 atom stereocenters. The molecule has 3 heterocycles. The number of fused-ring (bicyclic) bond motifs is 1. The van der Waals surface area contributed by atoms with Crippen molar-refractivity contribution in [2.75, 3.05) is 37.8 Å². The predicted octanol–water partition coefficient (Wildman–Crippen LogP) is 5.28. The Morgan fingerprint density at radius 3 is 2.04 bits per heavy atom. The fourth-order valence-electron chi connectivity index (χ4n) is 6.61. The average Bonchev–Trinajstić information content (AvgIpc) is 3.81. The minimum atomic E-state index is -0.539. The van der Waals surface area contributed by atoms with E-state index in [1.165, 1.54) is 6.92 Å². The molecular formula is C36H39N5O5. The van der Waals surface area contributed by atoms with E-state index in [0.717, 1.165) is 29.4 Å². The van der Waals surface area contributed by atoms with Crippen LogP contribution in [0.1, 0.15) is 44.2 Å². The van der Waals surface area contributed by atoms with E-state index in [9.17, 15) is 19.2 Å². The SMILES string of the molecule is CC(=O)N1CCC[C@H]1C(=O)Nc1ccc2oc(-c3ccc(NC(=O)[C@@H]4CCCN4C(=O)[C@@H](c4ccccc4)N(C)C)cc3)cc2c1. The fraction of sp³-hybridized carbons (Fsp3) is 0.333. The number of likely N-dealkylation sites (tertiary alicyclic amines) is 2. The number of amides is 4. The molecule has 0 radical (unpaired) electrons. The zero-order valence-corrected chi connectivity index (χ0v) is 26.4. The number of likely N-dealkylation sites (N-methyl/N-ethyl adjacent to an activating group) is 1. The third-order valence-electron chi connectivity index (χ3n) is 8.88. The van der Waals surface area contributed by atoms with Crippen LogP contribution in [0.15, 0.2) is 83.3 Å². The van der Waals surface area contributed by atoms with Crippen LogP contribution in [0.25, 0.3) is 22.3 Å². The van der Waals surface area contributed by atoms with Crippen molar-refractivity contribution in [2.45, 2.75) is 50.7 Å². The predicted molar refractivity (Wildman–Crippen MR) is 177 cm³/mol. The van der Waals surface area contributed by atoms with Crippen molar-refractivity contribution in [1.29, 1.82) is 0 Å². The van der Waals surface area contributed by atoms with Crippen molar-refractivity contribution < 1.29 is 23.6 Å². The summed E-state index contributed by atoms with van der Waals surface area (Å²) in [6, 6.07) is 22.9. The van der Waals surface area contributed by atoms with Gasteiger partial charge in [-0.05, 0) is 93.9 Å². The van der Waals surface area contributed by atoms with Gasteiger partial charge in [0, 0.05) is 42.3 Å². The van der Waals surface area contributed by atoms with Gasteiger partial charge in [-0.15, -0.1) is 0 Å². The smallest absolute Gasteiger partial charge is 0.247 e. The van der Waals surface area contributed by atoms with Crippen LogP contribution in [0.5, 0.6) is 0 Å². The van der Waals surface area contributed by atoms with E-state index >= 15 is 0 Å². The minimum absolute atomic E-state index is 0.0756. The lowest BCUT2D eigenvalue weighted by Crippen LogP contribution is -2.47. The lowest BCUT2D eigenvalue weighted by Gasteiger charge is -2.31. The van der Waals surface area contributed by atoms with E-state index in [1.807, 2.05) is 91.8 Å². The second-order valence-electron chi connectivity index (χ2n) is 12.3. The number of nitrogens with zero attached hydrogens (tertiary/aromatic N) is 3. The molecule has 10 nitrogen and oxygen atoms in total. The maximum atomic E-state index is 13.7. The summed E-state index contributed by atoms with van der Waals surface area (Å²) in [5.41, 5.74) is 3.67. The molecule has 238 valence electrons. The van der Waals surface area contributed by atoms with Crippen molar-refractivity contribution >= 4 is 46.0 Å². The highest BCUT2D eigenvalue weighted by Gasteiger charge is 2.38. The molecule has 0 saturated carbocycles. The molecule has 4 aromatic rings. The maximum absolute atomic E-state index is 13.7. The molecule has 2 fully saturated rings. The molecule has 1 aromatic heterocycles. The van der Waals surface area contributed by atoms with Crippen LogP contribution < -0.4 is 10.6 Å². The van der Waals surface area contributed by atoms with Crippen LogP contribution in [0.3, 0.4) is 0 Å². The Hall–Kier alpha value is -4.96. The van der Waals surface area contributed by atoms with Crippen LogP contribution >= 0.6 is 0 Å². The van der Waals surface area contributed by atoms with Gasteiger partial charge in [-0.25, -0.2) is 0 Å². The number of carbonyl (C=O) groups is 4. The summed E-state index contributed by atoms with van der Waals surface area (Å²) in [6.07, 6.45) is 2.85. The number of hydrogen-bond donors (Lipinski definition) is 2. The fourth-order valence-corrected chi connectivity index (χ4v) is 6.61. The molecular weight excluding hydrogens is 582 g/mol. The van der Waals surface area contributed by atoms with Crippen LogP contribution in [0.2, 0.25) is 0 Å². The molecule has 2 saturated heterocycles. The Bertz CT molecular complexity index is 1750. The first-order valence-corrected chi connectivity index (χ1v) is 15.7. The Morgan fingerprint density at radius 2 is 1.39 bits per heavy atom. The molecule has 0 aliphatic carbocycles. The largest absolute Gasteiger partial charge is 0.456 e. The second kappa shape index (κ2) is 13.2. The van der Waals surface area contributed by atoms with Gasteiger partial charge in [0.05, 0.1) is 0 Å². The van der Waals surface area contributed by atoms with Crippen LogP contribution in [0.4, 0.5) is 11.4 Å². The van der Waals surface area contributed by atoms with Crippen molar-refractivity contribution in [3.05, 3.63) is 84.4 Å². The Morgan fingerprint density at radius 1 is 0.783 bits per heavy atom. The van der Waals surface area contributed by atoms with Crippen LogP contribution in [-0.2, 0) is 19.2 Å². The summed E-state index contributed by atoms with van der Waals surface area (Å²) in [7, 11) is 3.75. The van der Waals surface area contributed by atoms with E-state index in [-0.39, 0.29) is 23.6 Å². The summed E-state index contributed by atoms with van der Waals surface area (Å²) in [6.45, 7) is 2.64. The quantitative estimate of drug-likeness (QED) is 0.277. The van der Waals surface area contributed by atoms with E-state index in [1.54, 1.807) is 15.9 Å². The van der Waals surface area contributed by atoms with Gasteiger partial charge in [-0.3, -0.25) is 24.1 Å². The highest BCUT2D eigenvalue weighted by molar-refractivity contribution is 6.00. The zero-order chi connectivity index (χ0) is 32.4. The number of benzene rings is 3. The topological polar surface area (TPSA) is 115 Å². The number of furan rings is 1. The third kappa shape index (κ3) is 6.39. The monoisotopic (exact) mass is 621 g/mol. The zero-order valence-electron chi connectivity index (χ0n) is 26.4. The molecule has 6 rings (SSSR count). The number of nitrogens with one attached hydrogen (secondary N) is 2. The average molecular weight is 622 g/mol. The number of hydrogen-bond acceptors (Lipinski definition) is 6. The summed E-state index contributed by atoms with van der Waals surface area (Å²) < 4.78 is 6.08. The Balaban J connectivity index is 1.11. The van der Waals surface area contributed by atoms with Crippen molar-refractivity contribution in [2.24, 2.45) is 0 Å². The van der Waals surface area contributed by atoms with Crippen molar-refractivity contribution in [3.8, 4) is 11.3 Å². The Labute approximate surface area is 268 Å². The first-order valence-electron chi connectivity index (χ1n) is 15.7. The number of anilines is 2. The normalized spacial score (nSPS) is 18.6. The summed E-state index contributed by atoms with van der Waals surface area (Å²) >= 11 is 0. The van der Waals surface area contributed by atoms with E-state index in [2.05, 4.69) is 10.6 Å². The molecule has 10 heteroatoms. The minimum Gasteiger partial charge on any atom is -0.456 e. The molecule has 4 amide bonds. The van der Waals surface area contributed by atoms with Gasteiger partial charge in [0.25, 0.3) is 0 Å². The lowest BCUT2D eigenvalue weighted by molar-refractivity contribution is -0.140. The molecule has 2 N–H and O–H groups in total. The lowest BCUT2D eigenvalue weighted by atomic mass is 10.0. The number of rotatable bonds is 8. The second-order valence-corrected chi connectivity index (χ2v) is 12.3. The van der Waals surface area contributed by atoms with Crippen molar-refractivity contribution in [1.82, 2.24) is 14.7 Å². The van der Waals surface area contributed by atoms with Gasteiger partial charge in [0.15, 0.2) is 0 Å². The molecule has 2 aliphatic heterocycles. The molecule has 3 aromatic carbocycles. The first kappa shape index (κ1) is 31.0. The van der Waals surface area contributed by atoms with Gasteiger partial charge in [0.1, 0.15) is 29.5 Å². The summed E-state index contributed by atoms with van der Waals surface area (Å²) in [5.74, 6) is 0.0935. The summed E-state index contributed by atoms with van der Waals surface area (Å²) in [4.78, 5) is 57.0. The van der Waals surface area contributed by atoms with E-state index in [0.29, 0.717) is 48.6 Å². The van der Waals surface area contributed by atoms with Gasteiger partial charge < -0.3 is 24.9 Å². The number of carbonyl (C=O) groups excluding carboxylic acids is 4. The summed E-state index contributed by atoms with van der Waals surface area (Å²) in [5, 5.41) is 6.78. The van der Waals surface area contributed by atoms with Crippen molar-refractivity contribution in [3.63, 3.8) is 0 Å². The van der Waals surface area contributed by atoms with Gasteiger partial charge in [-0.1, -0.05) is 30.3 Å². The molecule has 0 bridgehead atoms. The van der Waals surface area contributed by atoms with E-state index < -0.39 is 18.1 Å². The third-order valence-corrected chi connectivity index (χ3v) is 8.88. The van der Waals surface area contributed by atoms with Gasteiger partial charge in [-0.2, -0.15) is 0 Å². The maximum Gasteiger partial charge on any atom is 0.247 e. The molecule has 0 unspecified atom stereocenters. The van der Waals surface area contributed by atoms with Gasteiger partial charge >= 0.3 is 0 Å². The highest BCUT2D eigenvalue weighted by Crippen LogP contribution is 2.32. The molecule has 46 heavy (non-hydrogen) atoms. The molecule has 0 spiro atoms. The molecule has 2 aliphatic rings. The standard InChI is InChI=1S/C36H39N5O5/c1-23(42)40-19-7-11-29(40)34(43)38-28-17-18-31-26(21-28)22-32(46-31)24-13-15-27(16-14-24)37-35(44)30-12-8-20-41(30)36(45)33(39(2)3)25-9-5-4-6-10-25/h4-6,9-10,13-18,21-22,29-30,33H,7-8,11-12,19-20H2,1-3H3,(H,37,44)(H,38,43)/t29-,30-,33+/m0/s1. The highest BCUT2D eigenvalue weighted by atomic mass is 16.3. The first-order chi connectivity index (χ1) is 22.2. The Kier molecular flexibility index (Phi) is 8.90. The van der Waals surface area contributed by atoms with Gasteiger partial charge in [0.2, 0.25) is 23.6 Å². The van der Waals surface area contributed by atoms with Crippen LogP contribution in [0, 0.1) is 0 Å². The van der Waals surface area contributed by atoms with E-state index in [4.69, 9.17) is 4.42 Å².